The second kappa shape index (κ2) is 3.52. The maximum atomic E-state index is 10.8. The van der Waals surface area contributed by atoms with Gasteiger partial charge in [0, 0.05) is 18.0 Å². The molecule has 84 valence electrons. The van der Waals surface area contributed by atoms with Gasteiger partial charge >= 0.3 is 5.97 Å². The van der Waals surface area contributed by atoms with E-state index in [9.17, 15) is 4.79 Å². The molecule has 1 aromatic heterocycles. The van der Waals surface area contributed by atoms with Crippen LogP contribution >= 0.6 is 15.9 Å². The van der Waals surface area contributed by atoms with Crippen molar-refractivity contribution in [1.82, 2.24) is 9.97 Å². The molecule has 2 aliphatic carbocycles. The van der Waals surface area contributed by atoms with Crippen molar-refractivity contribution in [3.8, 4) is 0 Å². The van der Waals surface area contributed by atoms with E-state index in [2.05, 4.69) is 25.9 Å². The summed E-state index contributed by atoms with van der Waals surface area (Å²) >= 11 is 3.40. The van der Waals surface area contributed by atoms with Gasteiger partial charge in [-0.15, -0.1) is 0 Å². The zero-order valence-corrected chi connectivity index (χ0v) is 10.1. The first kappa shape index (κ1) is 10.2. The number of aliphatic carboxylic acids is 1. The first-order valence-electron chi connectivity index (χ1n) is 5.42. The predicted molar refractivity (Wildman–Crippen MR) is 60.2 cm³/mol. The van der Waals surface area contributed by atoms with Crippen LogP contribution in [-0.2, 0) is 4.79 Å². The van der Waals surface area contributed by atoms with E-state index >= 15 is 0 Å². The molecule has 2 aliphatic rings. The van der Waals surface area contributed by atoms with Gasteiger partial charge in [-0.2, -0.15) is 0 Å². The van der Waals surface area contributed by atoms with E-state index in [1.165, 1.54) is 0 Å². The van der Waals surface area contributed by atoms with Gasteiger partial charge in [0.15, 0.2) is 0 Å². The molecule has 0 aromatic carbocycles. The van der Waals surface area contributed by atoms with Gasteiger partial charge in [0.25, 0.3) is 0 Å². The SMILES string of the molecule is O=C(O)[C@@H]1C[C@H]1c1nc(C2CC2)ncc1Br. The summed E-state index contributed by atoms with van der Waals surface area (Å²) in [5.74, 6) is 0.497. The molecule has 0 unspecified atom stereocenters. The molecule has 2 atom stereocenters. The highest BCUT2D eigenvalue weighted by Gasteiger charge is 2.46. The van der Waals surface area contributed by atoms with Crippen LogP contribution in [0.2, 0.25) is 0 Å². The highest BCUT2D eigenvalue weighted by atomic mass is 79.9. The molecule has 0 aliphatic heterocycles. The molecule has 5 heteroatoms. The molecule has 0 radical (unpaired) electrons. The minimum absolute atomic E-state index is 0.0763. The lowest BCUT2D eigenvalue weighted by molar-refractivity contribution is -0.138. The topological polar surface area (TPSA) is 63.1 Å². The van der Waals surface area contributed by atoms with Crippen molar-refractivity contribution in [2.75, 3.05) is 0 Å². The quantitative estimate of drug-likeness (QED) is 0.924. The molecule has 0 saturated heterocycles. The van der Waals surface area contributed by atoms with Gasteiger partial charge in [0.05, 0.1) is 16.1 Å². The van der Waals surface area contributed by atoms with Gasteiger partial charge in [-0.3, -0.25) is 4.79 Å². The summed E-state index contributed by atoms with van der Waals surface area (Å²) in [7, 11) is 0. The summed E-state index contributed by atoms with van der Waals surface area (Å²) in [6, 6.07) is 0. The molecule has 2 fully saturated rings. The Labute approximate surface area is 101 Å². The van der Waals surface area contributed by atoms with Gasteiger partial charge in [-0.05, 0) is 35.2 Å². The maximum Gasteiger partial charge on any atom is 0.307 e. The third-order valence-corrected chi connectivity index (χ3v) is 3.80. The largest absolute Gasteiger partial charge is 0.481 e. The Balaban J connectivity index is 1.88. The fourth-order valence-corrected chi connectivity index (χ4v) is 2.45. The molecule has 0 bridgehead atoms. The zero-order valence-electron chi connectivity index (χ0n) is 8.56. The Morgan fingerprint density at radius 2 is 2.25 bits per heavy atom. The summed E-state index contributed by atoms with van der Waals surface area (Å²) in [6.07, 6.45) is 4.78. The molecular formula is C11H11BrN2O2. The third-order valence-electron chi connectivity index (χ3n) is 3.19. The number of carboxylic acid groups (broad SMARTS) is 1. The summed E-state index contributed by atoms with van der Waals surface area (Å²) in [5.41, 5.74) is 0.879. The van der Waals surface area contributed by atoms with Gasteiger partial charge < -0.3 is 5.11 Å². The fraction of sp³-hybridized carbons (Fsp3) is 0.545. The van der Waals surface area contributed by atoms with Crippen LogP contribution in [0, 0.1) is 5.92 Å². The minimum atomic E-state index is -0.719. The first-order valence-corrected chi connectivity index (χ1v) is 6.21. The maximum absolute atomic E-state index is 10.8. The molecule has 3 rings (SSSR count). The molecule has 0 spiro atoms. The molecule has 0 amide bonds. The van der Waals surface area contributed by atoms with Crippen molar-refractivity contribution in [1.29, 1.82) is 0 Å². The number of halogens is 1. The second-order valence-corrected chi connectivity index (χ2v) is 5.38. The van der Waals surface area contributed by atoms with Gasteiger partial charge in [0.2, 0.25) is 0 Å². The van der Waals surface area contributed by atoms with E-state index in [0.717, 1.165) is 28.8 Å². The van der Waals surface area contributed by atoms with Crippen LogP contribution in [0.3, 0.4) is 0 Å². The molecule has 16 heavy (non-hydrogen) atoms. The summed E-state index contributed by atoms with van der Waals surface area (Å²) in [6.45, 7) is 0. The van der Waals surface area contributed by atoms with Crippen LogP contribution in [0.25, 0.3) is 0 Å². The molecule has 2 saturated carbocycles. The Morgan fingerprint density at radius 1 is 1.50 bits per heavy atom. The smallest absolute Gasteiger partial charge is 0.307 e. The van der Waals surface area contributed by atoms with Crippen LogP contribution in [0.4, 0.5) is 0 Å². The Bertz CT molecular complexity index is 459. The van der Waals surface area contributed by atoms with E-state index in [-0.39, 0.29) is 11.8 Å². The van der Waals surface area contributed by atoms with Crippen molar-refractivity contribution in [3.63, 3.8) is 0 Å². The first-order chi connectivity index (χ1) is 7.66. The van der Waals surface area contributed by atoms with Crippen LogP contribution in [0.1, 0.15) is 42.6 Å². The number of carboxylic acids is 1. The van der Waals surface area contributed by atoms with E-state index in [1.54, 1.807) is 6.20 Å². The van der Waals surface area contributed by atoms with Crippen molar-refractivity contribution in [2.45, 2.75) is 31.1 Å². The monoisotopic (exact) mass is 282 g/mol. The Kier molecular flexibility index (Phi) is 2.24. The van der Waals surface area contributed by atoms with E-state index in [4.69, 9.17) is 5.11 Å². The number of aromatic nitrogens is 2. The Hall–Kier alpha value is -0.970. The average Bonchev–Trinajstić information content (AvgIpc) is 3.12. The Morgan fingerprint density at radius 3 is 2.81 bits per heavy atom. The standard InChI is InChI=1S/C11H11BrN2O2/c12-8-4-13-10(5-1-2-5)14-9(8)6-3-7(6)11(15)16/h4-7H,1-3H2,(H,15,16)/t6-,7-/m1/s1. The molecule has 1 heterocycles. The van der Waals surface area contributed by atoms with Crippen LogP contribution in [-0.4, -0.2) is 21.0 Å². The number of hydrogen-bond donors (Lipinski definition) is 1. The number of carbonyl (C=O) groups is 1. The number of hydrogen-bond acceptors (Lipinski definition) is 3. The molecule has 1 N–H and O–H groups in total. The molecule has 4 nitrogen and oxygen atoms in total. The fourth-order valence-electron chi connectivity index (χ4n) is 1.96. The average molecular weight is 283 g/mol. The lowest BCUT2D eigenvalue weighted by atomic mass is 10.2. The predicted octanol–water partition coefficient (Wildman–Crippen LogP) is 2.30. The molecule has 1 aromatic rings. The van der Waals surface area contributed by atoms with Crippen LogP contribution < -0.4 is 0 Å². The van der Waals surface area contributed by atoms with Crippen molar-refractivity contribution >= 4 is 21.9 Å². The lowest BCUT2D eigenvalue weighted by Gasteiger charge is -2.04. The van der Waals surface area contributed by atoms with Crippen molar-refractivity contribution in [2.24, 2.45) is 5.92 Å². The lowest BCUT2D eigenvalue weighted by Crippen LogP contribution is -2.03. The number of nitrogens with zero attached hydrogens (tertiary/aromatic N) is 2. The van der Waals surface area contributed by atoms with Crippen molar-refractivity contribution < 1.29 is 9.90 Å². The molecular weight excluding hydrogens is 272 g/mol. The van der Waals surface area contributed by atoms with Crippen molar-refractivity contribution in [3.05, 3.63) is 22.2 Å². The van der Waals surface area contributed by atoms with Gasteiger partial charge in [0.1, 0.15) is 5.82 Å². The van der Waals surface area contributed by atoms with E-state index in [0.29, 0.717) is 12.3 Å². The highest BCUT2D eigenvalue weighted by molar-refractivity contribution is 9.10. The normalized spacial score (nSPS) is 27.8. The highest BCUT2D eigenvalue weighted by Crippen LogP contribution is 2.49. The third kappa shape index (κ3) is 1.73. The summed E-state index contributed by atoms with van der Waals surface area (Å²) < 4.78 is 0.839. The zero-order chi connectivity index (χ0) is 11.3. The summed E-state index contributed by atoms with van der Waals surface area (Å²) in [4.78, 5) is 19.6. The van der Waals surface area contributed by atoms with E-state index in [1.807, 2.05) is 0 Å². The van der Waals surface area contributed by atoms with E-state index < -0.39 is 5.97 Å². The van der Waals surface area contributed by atoms with Crippen LogP contribution in [0.15, 0.2) is 10.7 Å². The van der Waals surface area contributed by atoms with Gasteiger partial charge in [-0.1, -0.05) is 0 Å². The second-order valence-electron chi connectivity index (χ2n) is 4.52. The van der Waals surface area contributed by atoms with Gasteiger partial charge in [-0.25, -0.2) is 9.97 Å². The van der Waals surface area contributed by atoms with Crippen LogP contribution in [0.5, 0.6) is 0 Å². The summed E-state index contributed by atoms with van der Waals surface area (Å²) in [5, 5.41) is 8.91. The number of rotatable bonds is 3. The minimum Gasteiger partial charge on any atom is -0.481 e.